The van der Waals surface area contributed by atoms with Crippen molar-refractivity contribution < 1.29 is 4.74 Å². The van der Waals surface area contributed by atoms with Gasteiger partial charge in [0.2, 0.25) is 11.9 Å². The van der Waals surface area contributed by atoms with E-state index in [0.717, 1.165) is 17.0 Å². The average molecular weight is 285 g/mol. The lowest BCUT2D eigenvalue weighted by Gasteiger charge is -2.04. The summed E-state index contributed by atoms with van der Waals surface area (Å²) in [6, 6.07) is 7.69. The molecule has 1 aromatic carbocycles. The van der Waals surface area contributed by atoms with Crippen molar-refractivity contribution in [2.24, 2.45) is 0 Å². The van der Waals surface area contributed by atoms with Gasteiger partial charge in [0.25, 0.3) is 0 Å². The smallest absolute Gasteiger partial charge is 0.243 e. The van der Waals surface area contributed by atoms with E-state index in [1.807, 2.05) is 30.5 Å². The van der Waals surface area contributed by atoms with Gasteiger partial charge in [0, 0.05) is 24.4 Å². The second kappa shape index (κ2) is 5.53. The summed E-state index contributed by atoms with van der Waals surface area (Å²) in [4.78, 5) is 3.97. The zero-order chi connectivity index (χ0) is 14.7. The lowest BCUT2D eigenvalue weighted by Crippen LogP contribution is -2.00. The average Bonchev–Trinajstić information content (AvgIpc) is 3.14. The van der Waals surface area contributed by atoms with Crippen molar-refractivity contribution >= 4 is 11.9 Å². The fourth-order valence-corrected chi connectivity index (χ4v) is 1.88. The highest BCUT2D eigenvalue weighted by Gasteiger charge is 2.04. The van der Waals surface area contributed by atoms with Crippen molar-refractivity contribution in [2.45, 2.75) is 6.54 Å². The van der Waals surface area contributed by atoms with Gasteiger partial charge in [-0.15, -0.1) is 5.10 Å². The molecule has 4 N–H and O–H groups in total. The number of benzene rings is 1. The van der Waals surface area contributed by atoms with Gasteiger partial charge in [0.05, 0.1) is 19.0 Å². The Kier molecular flexibility index (Phi) is 3.42. The molecule has 0 radical (unpaired) electrons. The van der Waals surface area contributed by atoms with Gasteiger partial charge in [-0.05, 0) is 12.1 Å². The first kappa shape index (κ1) is 13.0. The summed E-state index contributed by atoms with van der Waals surface area (Å²) in [7, 11) is 1.64. The van der Waals surface area contributed by atoms with E-state index < -0.39 is 0 Å². The molecular weight excluding hydrogens is 270 g/mol. The van der Waals surface area contributed by atoms with Gasteiger partial charge in [0.1, 0.15) is 5.75 Å². The molecule has 8 nitrogen and oxygen atoms in total. The molecule has 0 unspecified atom stereocenters. The Morgan fingerprint density at radius 2 is 2.33 bits per heavy atom. The third kappa shape index (κ3) is 2.94. The number of nitrogens with zero attached hydrogens (tertiary/aromatic N) is 4. The summed E-state index contributed by atoms with van der Waals surface area (Å²) in [5, 5.41) is 13.9. The molecule has 3 rings (SSSR count). The Hall–Kier alpha value is -3.03. The molecule has 8 heteroatoms. The maximum absolute atomic E-state index is 5.46. The summed E-state index contributed by atoms with van der Waals surface area (Å²) in [6.45, 7) is 0.557. The van der Waals surface area contributed by atoms with Gasteiger partial charge in [-0.25, -0.2) is 9.78 Å². The summed E-state index contributed by atoms with van der Waals surface area (Å²) in [5.41, 5.74) is 7.39. The third-order valence-electron chi connectivity index (χ3n) is 2.91. The Labute approximate surface area is 121 Å². The van der Waals surface area contributed by atoms with Gasteiger partial charge >= 0.3 is 0 Å². The van der Waals surface area contributed by atoms with Crippen LogP contribution in [0.15, 0.2) is 36.7 Å². The normalized spacial score (nSPS) is 10.5. The summed E-state index contributed by atoms with van der Waals surface area (Å²) in [5.74, 6) is 1.53. The number of aromatic amines is 1. The molecule has 21 heavy (non-hydrogen) atoms. The number of nitrogens with one attached hydrogen (secondary N) is 2. The van der Waals surface area contributed by atoms with E-state index in [9.17, 15) is 0 Å². The Morgan fingerprint density at radius 3 is 3.10 bits per heavy atom. The molecular formula is C13H15N7O. The summed E-state index contributed by atoms with van der Waals surface area (Å²) >= 11 is 0. The quantitative estimate of drug-likeness (QED) is 0.650. The van der Waals surface area contributed by atoms with Crippen LogP contribution in [0.4, 0.5) is 11.9 Å². The number of aromatic nitrogens is 5. The van der Waals surface area contributed by atoms with Crippen molar-refractivity contribution in [3.8, 4) is 11.4 Å². The Balaban J connectivity index is 1.70. The first-order valence-corrected chi connectivity index (χ1v) is 6.34. The van der Waals surface area contributed by atoms with Crippen LogP contribution >= 0.6 is 0 Å². The third-order valence-corrected chi connectivity index (χ3v) is 2.91. The van der Waals surface area contributed by atoms with Crippen molar-refractivity contribution in [1.29, 1.82) is 0 Å². The number of rotatable bonds is 5. The number of ether oxygens (including phenoxy) is 1. The highest BCUT2D eigenvalue weighted by molar-refractivity contribution is 5.39. The second-order valence-electron chi connectivity index (χ2n) is 4.39. The number of anilines is 2. The molecule has 0 saturated heterocycles. The second-order valence-corrected chi connectivity index (χ2v) is 4.39. The van der Waals surface area contributed by atoms with E-state index in [1.54, 1.807) is 18.0 Å². The summed E-state index contributed by atoms with van der Waals surface area (Å²) < 4.78 is 6.99. The fourth-order valence-electron chi connectivity index (χ4n) is 1.88. The van der Waals surface area contributed by atoms with Crippen LogP contribution < -0.4 is 15.8 Å². The highest BCUT2D eigenvalue weighted by atomic mass is 16.5. The molecule has 3 aromatic rings. The number of nitrogens with two attached hydrogens (primary N) is 1. The minimum atomic E-state index is 0.282. The predicted octanol–water partition coefficient (Wildman–Crippen LogP) is 1.19. The fraction of sp³-hybridized carbons (Fsp3) is 0.154. The molecule has 0 fully saturated rings. The zero-order valence-corrected chi connectivity index (χ0v) is 11.4. The predicted molar refractivity (Wildman–Crippen MR) is 78.2 cm³/mol. The minimum Gasteiger partial charge on any atom is -0.497 e. The standard InChI is InChI=1S/C13H15N7O/c1-21-11-4-2-3-10(5-11)20-8-9(7-16-20)6-15-13-17-12(14)18-19-13/h2-5,7-8H,6H2,1H3,(H4,14,15,17,18,19). The highest BCUT2D eigenvalue weighted by Crippen LogP contribution is 2.16. The first-order valence-electron chi connectivity index (χ1n) is 6.34. The number of hydrogen-bond acceptors (Lipinski definition) is 6. The van der Waals surface area contributed by atoms with Crippen LogP contribution in [0.5, 0.6) is 5.75 Å². The maximum Gasteiger partial charge on any atom is 0.243 e. The molecule has 0 bridgehead atoms. The van der Waals surface area contributed by atoms with E-state index in [1.165, 1.54) is 0 Å². The van der Waals surface area contributed by atoms with Crippen molar-refractivity contribution in [2.75, 3.05) is 18.2 Å². The van der Waals surface area contributed by atoms with Gasteiger partial charge < -0.3 is 15.8 Å². The molecule has 108 valence electrons. The van der Waals surface area contributed by atoms with Crippen molar-refractivity contribution in [3.05, 3.63) is 42.2 Å². The van der Waals surface area contributed by atoms with Gasteiger partial charge in [-0.3, -0.25) is 0 Å². The van der Waals surface area contributed by atoms with E-state index in [4.69, 9.17) is 10.5 Å². The lowest BCUT2D eigenvalue weighted by atomic mass is 10.3. The van der Waals surface area contributed by atoms with E-state index in [0.29, 0.717) is 12.5 Å². The molecule has 2 aromatic heterocycles. The van der Waals surface area contributed by atoms with E-state index in [-0.39, 0.29) is 5.95 Å². The van der Waals surface area contributed by atoms with Crippen molar-refractivity contribution in [3.63, 3.8) is 0 Å². The first-order chi connectivity index (χ1) is 10.2. The van der Waals surface area contributed by atoms with Crippen LogP contribution in [0.3, 0.4) is 0 Å². The number of nitrogen functional groups attached to an aromatic ring is 1. The van der Waals surface area contributed by atoms with E-state index in [2.05, 4.69) is 25.6 Å². The van der Waals surface area contributed by atoms with Gasteiger partial charge in [-0.1, -0.05) is 6.07 Å². The summed E-state index contributed by atoms with van der Waals surface area (Å²) in [6.07, 6.45) is 3.71. The molecule has 0 amide bonds. The zero-order valence-electron chi connectivity index (χ0n) is 11.4. The molecule has 0 aliphatic rings. The van der Waals surface area contributed by atoms with Crippen LogP contribution in [0.25, 0.3) is 5.69 Å². The number of H-pyrrole nitrogens is 1. The van der Waals surface area contributed by atoms with Gasteiger partial charge in [0.15, 0.2) is 0 Å². The van der Waals surface area contributed by atoms with Crippen LogP contribution in [-0.2, 0) is 6.54 Å². The van der Waals surface area contributed by atoms with Crippen LogP contribution in [0.2, 0.25) is 0 Å². The largest absolute Gasteiger partial charge is 0.497 e. The molecule has 0 aliphatic heterocycles. The van der Waals surface area contributed by atoms with Crippen LogP contribution in [0.1, 0.15) is 5.56 Å². The minimum absolute atomic E-state index is 0.282. The number of hydrogen-bond donors (Lipinski definition) is 3. The monoisotopic (exact) mass is 285 g/mol. The maximum atomic E-state index is 5.46. The van der Waals surface area contributed by atoms with Crippen molar-refractivity contribution in [1.82, 2.24) is 25.0 Å². The Morgan fingerprint density at radius 1 is 1.43 bits per heavy atom. The molecule has 2 heterocycles. The number of methoxy groups -OCH3 is 1. The molecule has 0 spiro atoms. The molecule has 0 saturated carbocycles. The topological polar surface area (TPSA) is 107 Å². The van der Waals surface area contributed by atoms with Crippen LogP contribution in [0, 0.1) is 0 Å². The van der Waals surface area contributed by atoms with E-state index >= 15 is 0 Å². The molecule has 0 atom stereocenters. The Bertz CT molecular complexity index is 733. The van der Waals surface area contributed by atoms with Gasteiger partial charge in [-0.2, -0.15) is 10.1 Å². The van der Waals surface area contributed by atoms with Crippen LogP contribution in [-0.4, -0.2) is 32.1 Å². The SMILES string of the molecule is COc1cccc(-n2cc(CNc3n[nH]c(N)n3)cn2)c1. The lowest BCUT2D eigenvalue weighted by molar-refractivity contribution is 0.414. The molecule has 0 aliphatic carbocycles.